The molecular formula is C12H13F3N2O. The average molecular weight is 258 g/mol. The molecule has 1 aliphatic rings. The van der Waals surface area contributed by atoms with Gasteiger partial charge < -0.3 is 10.6 Å². The van der Waals surface area contributed by atoms with Gasteiger partial charge in [0.25, 0.3) is 0 Å². The van der Waals surface area contributed by atoms with E-state index < -0.39 is 11.7 Å². The van der Waals surface area contributed by atoms with Crippen LogP contribution in [0.15, 0.2) is 29.4 Å². The van der Waals surface area contributed by atoms with Gasteiger partial charge in [-0.1, -0.05) is 23.4 Å². The molecule has 0 spiro atoms. The fourth-order valence-electron chi connectivity index (χ4n) is 1.91. The number of benzene rings is 1. The van der Waals surface area contributed by atoms with Crippen LogP contribution in [-0.4, -0.2) is 18.4 Å². The molecule has 2 rings (SSSR count). The van der Waals surface area contributed by atoms with Crippen LogP contribution in [-0.2, 0) is 11.0 Å². The molecule has 0 saturated heterocycles. The standard InChI is InChI=1S/C12H13F3N2O/c13-12(14,15)10-4-2-1-3-9(10)11-7-8(5-6-16)18-17-11/h1-4,8H,5-7,16H2. The SMILES string of the molecule is NCCC1CC(c2ccccc2C(F)(F)F)=NO1. The van der Waals surface area contributed by atoms with Gasteiger partial charge in [0.15, 0.2) is 0 Å². The monoisotopic (exact) mass is 258 g/mol. The van der Waals surface area contributed by atoms with Crippen molar-refractivity contribution in [3.05, 3.63) is 35.4 Å². The quantitative estimate of drug-likeness (QED) is 0.905. The van der Waals surface area contributed by atoms with E-state index in [1.807, 2.05) is 0 Å². The van der Waals surface area contributed by atoms with Crippen molar-refractivity contribution in [3.8, 4) is 0 Å². The summed E-state index contributed by atoms with van der Waals surface area (Å²) in [5.41, 5.74) is 5.12. The molecule has 0 amide bonds. The second-order valence-corrected chi connectivity index (χ2v) is 4.09. The van der Waals surface area contributed by atoms with E-state index in [-0.39, 0.29) is 11.7 Å². The number of hydrogen-bond donors (Lipinski definition) is 1. The molecule has 1 aliphatic heterocycles. The van der Waals surface area contributed by atoms with Crippen LogP contribution in [0.25, 0.3) is 0 Å². The number of oxime groups is 1. The molecule has 0 aromatic heterocycles. The summed E-state index contributed by atoms with van der Waals surface area (Å²) >= 11 is 0. The maximum atomic E-state index is 12.8. The van der Waals surface area contributed by atoms with Crippen LogP contribution in [0.4, 0.5) is 13.2 Å². The highest BCUT2D eigenvalue weighted by atomic mass is 19.4. The van der Waals surface area contributed by atoms with Crippen LogP contribution in [0.5, 0.6) is 0 Å². The number of hydrogen-bond acceptors (Lipinski definition) is 3. The van der Waals surface area contributed by atoms with Gasteiger partial charge in [0, 0.05) is 12.0 Å². The number of rotatable bonds is 3. The molecule has 98 valence electrons. The van der Waals surface area contributed by atoms with Crippen LogP contribution < -0.4 is 5.73 Å². The molecule has 1 aromatic carbocycles. The highest BCUT2D eigenvalue weighted by molar-refractivity contribution is 6.02. The van der Waals surface area contributed by atoms with Gasteiger partial charge in [-0.25, -0.2) is 0 Å². The third kappa shape index (κ3) is 2.64. The van der Waals surface area contributed by atoms with Gasteiger partial charge in [-0.3, -0.25) is 0 Å². The number of nitrogens with zero attached hydrogens (tertiary/aromatic N) is 1. The smallest absolute Gasteiger partial charge is 0.392 e. The van der Waals surface area contributed by atoms with E-state index >= 15 is 0 Å². The topological polar surface area (TPSA) is 47.6 Å². The molecule has 0 bridgehead atoms. The Bertz CT molecular complexity index is 457. The molecule has 1 aromatic rings. The Labute approximate surface area is 102 Å². The molecule has 6 heteroatoms. The molecule has 0 radical (unpaired) electrons. The van der Waals surface area contributed by atoms with E-state index in [1.54, 1.807) is 6.07 Å². The molecule has 2 N–H and O–H groups in total. The Morgan fingerprint density at radius 1 is 1.33 bits per heavy atom. The third-order valence-corrected chi connectivity index (χ3v) is 2.76. The first-order valence-corrected chi connectivity index (χ1v) is 5.61. The van der Waals surface area contributed by atoms with Crippen molar-refractivity contribution >= 4 is 5.71 Å². The molecule has 1 atom stereocenters. The zero-order valence-corrected chi connectivity index (χ0v) is 9.57. The summed E-state index contributed by atoms with van der Waals surface area (Å²) in [6, 6.07) is 5.38. The van der Waals surface area contributed by atoms with Gasteiger partial charge in [0.2, 0.25) is 0 Å². The highest BCUT2D eigenvalue weighted by Gasteiger charge is 2.35. The van der Waals surface area contributed by atoms with Crippen molar-refractivity contribution < 1.29 is 18.0 Å². The van der Waals surface area contributed by atoms with E-state index in [0.29, 0.717) is 25.1 Å². The Morgan fingerprint density at radius 3 is 2.72 bits per heavy atom. The van der Waals surface area contributed by atoms with Crippen LogP contribution in [0.3, 0.4) is 0 Å². The minimum absolute atomic E-state index is 0.0875. The fourth-order valence-corrected chi connectivity index (χ4v) is 1.91. The molecule has 1 unspecified atom stereocenters. The summed E-state index contributed by atoms with van der Waals surface area (Å²) in [5.74, 6) is 0. The average Bonchev–Trinajstić information content (AvgIpc) is 2.77. The van der Waals surface area contributed by atoms with Crippen molar-refractivity contribution in [3.63, 3.8) is 0 Å². The summed E-state index contributed by atoms with van der Waals surface area (Å²) in [6.45, 7) is 0.425. The van der Waals surface area contributed by atoms with Gasteiger partial charge >= 0.3 is 6.18 Å². The van der Waals surface area contributed by atoms with Crippen molar-refractivity contribution in [2.75, 3.05) is 6.54 Å². The Morgan fingerprint density at radius 2 is 2.06 bits per heavy atom. The first-order chi connectivity index (χ1) is 8.52. The molecule has 3 nitrogen and oxygen atoms in total. The maximum Gasteiger partial charge on any atom is 0.417 e. The van der Waals surface area contributed by atoms with E-state index in [4.69, 9.17) is 10.6 Å². The van der Waals surface area contributed by atoms with Crippen LogP contribution >= 0.6 is 0 Å². The normalized spacial score (nSPS) is 19.6. The number of halogens is 3. The minimum Gasteiger partial charge on any atom is -0.392 e. The molecule has 0 saturated carbocycles. The van der Waals surface area contributed by atoms with Crippen molar-refractivity contribution in [1.82, 2.24) is 0 Å². The summed E-state index contributed by atoms with van der Waals surface area (Å²) in [4.78, 5) is 5.07. The molecule has 18 heavy (non-hydrogen) atoms. The lowest BCUT2D eigenvalue weighted by atomic mass is 9.98. The first-order valence-electron chi connectivity index (χ1n) is 5.61. The zero-order valence-electron chi connectivity index (χ0n) is 9.57. The summed E-state index contributed by atoms with van der Waals surface area (Å²) in [7, 11) is 0. The lowest BCUT2D eigenvalue weighted by molar-refractivity contribution is -0.137. The van der Waals surface area contributed by atoms with Crippen molar-refractivity contribution in [1.29, 1.82) is 0 Å². The second kappa shape index (κ2) is 4.97. The summed E-state index contributed by atoms with van der Waals surface area (Å²) in [6.07, 6.45) is -3.65. The molecule has 0 fully saturated rings. The van der Waals surface area contributed by atoms with E-state index in [0.717, 1.165) is 6.07 Å². The van der Waals surface area contributed by atoms with Crippen molar-refractivity contribution in [2.24, 2.45) is 10.9 Å². The molecule has 0 aliphatic carbocycles. The van der Waals surface area contributed by atoms with E-state index in [2.05, 4.69) is 5.16 Å². The zero-order chi connectivity index (χ0) is 13.2. The van der Waals surface area contributed by atoms with Crippen molar-refractivity contribution in [2.45, 2.75) is 25.1 Å². The summed E-state index contributed by atoms with van der Waals surface area (Å²) < 4.78 is 38.5. The van der Waals surface area contributed by atoms with Crippen LogP contribution in [0.2, 0.25) is 0 Å². The highest BCUT2D eigenvalue weighted by Crippen LogP contribution is 2.33. The Hall–Kier alpha value is -1.56. The predicted octanol–water partition coefficient (Wildman–Crippen LogP) is 2.55. The number of alkyl halides is 3. The lowest BCUT2D eigenvalue weighted by Gasteiger charge is -2.11. The van der Waals surface area contributed by atoms with Gasteiger partial charge in [-0.05, 0) is 19.0 Å². The van der Waals surface area contributed by atoms with Gasteiger partial charge in [-0.2, -0.15) is 13.2 Å². The Kier molecular flexibility index (Phi) is 3.56. The van der Waals surface area contributed by atoms with E-state index in [1.165, 1.54) is 12.1 Å². The minimum atomic E-state index is -4.38. The van der Waals surface area contributed by atoms with Crippen LogP contribution in [0.1, 0.15) is 24.0 Å². The van der Waals surface area contributed by atoms with E-state index in [9.17, 15) is 13.2 Å². The van der Waals surface area contributed by atoms with Gasteiger partial charge in [0.05, 0.1) is 11.3 Å². The number of nitrogens with two attached hydrogens (primary N) is 1. The Balaban J connectivity index is 2.25. The van der Waals surface area contributed by atoms with Gasteiger partial charge in [-0.15, -0.1) is 0 Å². The maximum absolute atomic E-state index is 12.8. The van der Waals surface area contributed by atoms with Crippen LogP contribution in [0, 0.1) is 0 Å². The molecular weight excluding hydrogens is 245 g/mol. The lowest BCUT2D eigenvalue weighted by Crippen LogP contribution is -2.16. The predicted molar refractivity (Wildman–Crippen MR) is 61.1 cm³/mol. The van der Waals surface area contributed by atoms with Gasteiger partial charge in [0.1, 0.15) is 6.10 Å². The molecule has 1 heterocycles. The largest absolute Gasteiger partial charge is 0.417 e. The first kappa shape index (κ1) is 12.9. The third-order valence-electron chi connectivity index (χ3n) is 2.76. The summed E-state index contributed by atoms with van der Waals surface area (Å²) in [5, 5.41) is 3.74. The fraction of sp³-hybridized carbons (Fsp3) is 0.417. The second-order valence-electron chi connectivity index (χ2n) is 4.09.